The molecule has 1 rings (SSSR count). The smallest absolute Gasteiger partial charge is 0.330 e. The Kier molecular flexibility index (Phi) is 11.2. The van der Waals surface area contributed by atoms with Crippen molar-refractivity contribution >= 4 is 11.9 Å². The third-order valence-corrected chi connectivity index (χ3v) is 2.25. The maximum Gasteiger partial charge on any atom is 0.330 e. The first kappa shape index (κ1) is 16.6. The van der Waals surface area contributed by atoms with E-state index in [9.17, 15) is 9.59 Å². The number of carbonyl (C=O) groups is 2. The van der Waals surface area contributed by atoms with E-state index in [0.717, 1.165) is 25.3 Å². The summed E-state index contributed by atoms with van der Waals surface area (Å²) in [6.45, 7) is 4.38. The summed E-state index contributed by atoms with van der Waals surface area (Å²) in [5, 5.41) is 8.33. The highest BCUT2D eigenvalue weighted by Gasteiger charge is 2.05. The molecule has 0 unspecified atom stereocenters. The number of ether oxygens (including phenoxy) is 2. The average molecular weight is 258 g/mol. The van der Waals surface area contributed by atoms with Crippen LogP contribution in [0.5, 0.6) is 0 Å². The van der Waals surface area contributed by atoms with Gasteiger partial charge in [-0.2, -0.15) is 0 Å². The third kappa shape index (κ3) is 11.1. The molecule has 1 fully saturated rings. The largest absolute Gasteiger partial charge is 0.466 e. The van der Waals surface area contributed by atoms with Gasteiger partial charge in [-0.05, 0) is 32.1 Å². The lowest BCUT2D eigenvalue weighted by atomic mass is 10.2. The van der Waals surface area contributed by atoms with E-state index in [1.807, 2.05) is 0 Å². The fourth-order valence-corrected chi connectivity index (χ4v) is 1.25. The van der Waals surface area contributed by atoms with Gasteiger partial charge < -0.3 is 14.6 Å². The minimum Gasteiger partial charge on any atom is -0.466 e. The Morgan fingerprint density at radius 3 is 2.83 bits per heavy atom. The van der Waals surface area contributed by atoms with Gasteiger partial charge >= 0.3 is 11.9 Å². The molecule has 0 amide bonds. The number of unbranched alkanes of at least 4 members (excludes halogenated alkanes) is 1. The van der Waals surface area contributed by atoms with Gasteiger partial charge in [0, 0.05) is 19.1 Å². The zero-order chi connectivity index (χ0) is 13.6. The zero-order valence-electron chi connectivity index (χ0n) is 10.7. The number of hydrogen-bond donors (Lipinski definition) is 1. The predicted molar refractivity (Wildman–Crippen MR) is 66.9 cm³/mol. The molecule has 0 aromatic carbocycles. The van der Waals surface area contributed by atoms with Gasteiger partial charge in [0.1, 0.15) is 0 Å². The van der Waals surface area contributed by atoms with Crippen LogP contribution in [0, 0.1) is 0 Å². The summed E-state index contributed by atoms with van der Waals surface area (Å²) in [7, 11) is 0. The fraction of sp³-hybridized carbons (Fsp3) is 0.692. The highest BCUT2D eigenvalue weighted by atomic mass is 16.5. The minimum atomic E-state index is -0.405. The van der Waals surface area contributed by atoms with Crippen LogP contribution in [0.3, 0.4) is 0 Å². The van der Waals surface area contributed by atoms with E-state index in [0.29, 0.717) is 32.5 Å². The predicted octanol–water partition coefficient (Wildman–Crippen LogP) is 1.59. The molecule has 0 aromatic heterocycles. The normalized spacial score (nSPS) is 14.6. The monoisotopic (exact) mass is 258 g/mol. The first-order valence-corrected chi connectivity index (χ1v) is 6.26. The lowest BCUT2D eigenvalue weighted by molar-refractivity contribution is -0.142. The Morgan fingerprint density at radius 1 is 1.39 bits per heavy atom. The number of aliphatic hydroxyl groups excluding tert-OH is 1. The maximum absolute atomic E-state index is 10.5. The van der Waals surface area contributed by atoms with E-state index in [1.165, 1.54) is 0 Å². The van der Waals surface area contributed by atoms with Crippen molar-refractivity contribution < 1.29 is 24.2 Å². The molecule has 1 aliphatic rings. The Morgan fingerprint density at radius 2 is 2.17 bits per heavy atom. The van der Waals surface area contributed by atoms with E-state index in [1.54, 1.807) is 0 Å². The van der Waals surface area contributed by atoms with Gasteiger partial charge in [0.15, 0.2) is 0 Å². The number of cyclic esters (lactones) is 1. The lowest BCUT2D eigenvalue weighted by Gasteiger charge is -1.98. The number of esters is 2. The molecule has 5 heteroatoms. The van der Waals surface area contributed by atoms with E-state index < -0.39 is 5.97 Å². The number of rotatable bonds is 5. The van der Waals surface area contributed by atoms with E-state index in [2.05, 4.69) is 11.3 Å². The van der Waals surface area contributed by atoms with Crippen LogP contribution in [-0.4, -0.2) is 36.9 Å². The Labute approximate surface area is 108 Å². The zero-order valence-corrected chi connectivity index (χ0v) is 10.7. The Bertz CT molecular complexity index is 240. The second-order valence-electron chi connectivity index (χ2n) is 3.83. The number of hydrogen-bond acceptors (Lipinski definition) is 5. The molecule has 0 aromatic rings. The van der Waals surface area contributed by atoms with Crippen LogP contribution in [0.4, 0.5) is 0 Å². The van der Waals surface area contributed by atoms with Gasteiger partial charge in [-0.1, -0.05) is 6.58 Å². The molecule has 1 N–H and O–H groups in total. The van der Waals surface area contributed by atoms with Crippen molar-refractivity contribution in [1.29, 1.82) is 0 Å². The highest BCUT2D eigenvalue weighted by molar-refractivity contribution is 5.81. The third-order valence-electron chi connectivity index (χ3n) is 2.25. The van der Waals surface area contributed by atoms with Crippen molar-refractivity contribution in [3.05, 3.63) is 12.7 Å². The molecule has 0 spiro atoms. The minimum absolute atomic E-state index is 0.0255. The quantitative estimate of drug-likeness (QED) is 0.460. The van der Waals surface area contributed by atoms with Crippen LogP contribution in [0.15, 0.2) is 12.7 Å². The molecule has 104 valence electrons. The molecular formula is C13H22O5. The summed E-state index contributed by atoms with van der Waals surface area (Å²) >= 11 is 0. The van der Waals surface area contributed by atoms with Crippen LogP contribution >= 0.6 is 0 Å². The molecule has 5 nitrogen and oxygen atoms in total. The van der Waals surface area contributed by atoms with Crippen molar-refractivity contribution in [3.8, 4) is 0 Å². The van der Waals surface area contributed by atoms with Crippen LogP contribution in [0.2, 0.25) is 0 Å². The van der Waals surface area contributed by atoms with Gasteiger partial charge in [0.25, 0.3) is 0 Å². The lowest BCUT2D eigenvalue weighted by Crippen LogP contribution is -2.02. The molecule has 0 radical (unpaired) electrons. The van der Waals surface area contributed by atoms with Gasteiger partial charge in [0.05, 0.1) is 13.2 Å². The average Bonchev–Trinajstić information content (AvgIpc) is 2.63. The standard InChI is InChI=1S/C7H12O3.C6H10O2/c1-2-7(9)10-6-4-3-5-8;7-6-4-2-1-3-5-8-6/h2,8H,1,3-6H2;1-5H2. The molecule has 18 heavy (non-hydrogen) atoms. The van der Waals surface area contributed by atoms with Crippen molar-refractivity contribution in [2.24, 2.45) is 0 Å². The summed E-state index contributed by atoms with van der Waals surface area (Å²) < 4.78 is 9.39. The SMILES string of the molecule is C=CC(=O)OCCCCO.O=C1CCCCCO1. The van der Waals surface area contributed by atoms with E-state index >= 15 is 0 Å². The van der Waals surface area contributed by atoms with Gasteiger partial charge in [-0.15, -0.1) is 0 Å². The molecule has 0 aliphatic carbocycles. The molecule has 1 heterocycles. The van der Waals surface area contributed by atoms with Gasteiger partial charge in [-0.3, -0.25) is 4.79 Å². The van der Waals surface area contributed by atoms with Crippen molar-refractivity contribution in [2.45, 2.75) is 38.5 Å². The number of aliphatic hydroxyl groups is 1. The maximum atomic E-state index is 10.5. The van der Waals surface area contributed by atoms with E-state index in [4.69, 9.17) is 9.84 Å². The van der Waals surface area contributed by atoms with Gasteiger partial charge in [0.2, 0.25) is 0 Å². The van der Waals surface area contributed by atoms with Crippen LogP contribution in [0.1, 0.15) is 38.5 Å². The number of carbonyl (C=O) groups excluding carboxylic acids is 2. The molecule has 1 aliphatic heterocycles. The summed E-state index contributed by atoms with van der Waals surface area (Å²) in [4.78, 5) is 20.8. The summed E-state index contributed by atoms with van der Waals surface area (Å²) in [5.41, 5.74) is 0. The van der Waals surface area contributed by atoms with Crippen molar-refractivity contribution in [1.82, 2.24) is 0 Å². The summed E-state index contributed by atoms with van der Waals surface area (Å²) in [6, 6.07) is 0. The molecular weight excluding hydrogens is 236 g/mol. The van der Waals surface area contributed by atoms with Gasteiger partial charge in [-0.25, -0.2) is 4.79 Å². The van der Waals surface area contributed by atoms with Crippen LogP contribution in [0.25, 0.3) is 0 Å². The van der Waals surface area contributed by atoms with Crippen molar-refractivity contribution in [3.63, 3.8) is 0 Å². The van der Waals surface area contributed by atoms with Crippen LogP contribution < -0.4 is 0 Å². The fourth-order valence-electron chi connectivity index (χ4n) is 1.25. The topological polar surface area (TPSA) is 72.8 Å². The summed E-state index contributed by atoms with van der Waals surface area (Å²) in [5.74, 6) is -0.430. The Hall–Kier alpha value is -1.36. The second-order valence-corrected chi connectivity index (χ2v) is 3.83. The first-order chi connectivity index (χ1) is 8.70. The second kappa shape index (κ2) is 12.1. The highest BCUT2D eigenvalue weighted by Crippen LogP contribution is 2.06. The molecule has 0 saturated carbocycles. The molecule has 0 atom stereocenters. The van der Waals surface area contributed by atoms with Crippen LogP contribution in [-0.2, 0) is 19.1 Å². The molecule has 1 saturated heterocycles. The summed E-state index contributed by atoms with van der Waals surface area (Å²) in [6.07, 6.45) is 6.33. The molecule has 0 bridgehead atoms. The van der Waals surface area contributed by atoms with E-state index in [-0.39, 0.29) is 12.6 Å². The Balaban J connectivity index is 0.000000327. The first-order valence-electron chi connectivity index (χ1n) is 6.26. The van der Waals surface area contributed by atoms with Crippen molar-refractivity contribution in [2.75, 3.05) is 19.8 Å².